The topological polar surface area (TPSA) is 72.7 Å². The number of piperidine rings is 1. The SMILES string of the molecule is CCOC(=O)[C@@H]1CCCN(c2cc([N+](=O)[O-])c3ccccc3c2)C1. The van der Waals surface area contributed by atoms with Gasteiger partial charge >= 0.3 is 5.97 Å². The molecule has 1 saturated heterocycles. The number of rotatable bonds is 4. The minimum atomic E-state index is -0.349. The highest BCUT2D eigenvalue weighted by molar-refractivity contribution is 5.94. The van der Waals surface area contributed by atoms with E-state index in [1.54, 1.807) is 25.1 Å². The minimum absolute atomic E-state index is 0.0985. The Labute approximate surface area is 140 Å². The van der Waals surface area contributed by atoms with Crippen molar-refractivity contribution in [2.45, 2.75) is 19.8 Å². The van der Waals surface area contributed by atoms with Gasteiger partial charge in [-0.05, 0) is 37.3 Å². The lowest BCUT2D eigenvalue weighted by Crippen LogP contribution is -2.39. The summed E-state index contributed by atoms with van der Waals surface area (Å²) in [6.07, 6.45) is 1.66. The van der Waals surface area contributed by atoms with Crippen LogP contribution in [0.25, 0.3) is 10.8 Å². The molecule has 0 unspecified atom stereocenters. The number of carbonyl (C=O) groups excluding carboxylic acids is 1. The zero-order valence-corrected chi connectivity index (χ0v) is 13.6. The van der Waals surface area contributed by atoms with E-state index in [1.165, 1.54) is 0 Å². The second-order valence-electron chi connectivity index (χ2n) is 5.98. The number of ether oxygens (including phenoxy) is 1. The van der Waals surface area contributed by atoms with E-state index in [0.29, 0.717) is 18.5 Å². The lowest BCUT2D eigenvalue weighted by molar-refractivity contribution is -0.383. The number of nitro benzene ring substituents is 1. The van der Waals surface area contributed by atoms with Gasteiger partial charge in [-0.15, -0.1) is 0 Å². The van der Waals surface area contributed by atoms with Gasteiger partial charge in [-0.1, -0.05) is 18.2 Å². The van der Waals surface area contributed by atoms with Crippen LogP contribution in [-0.2, 0) is 9.53 Å². The highest BCUT2D eigenvalue weighted by Crippen LogP contribution is 2.33. The maximum Gasteiger partial charge on any atom is 0.310 e. The monoisotopic (exact) mass is 328 g/mol. The van der Waals surface area contributed by atoms with Crippen LogP contribution < -0.4 is 4.90 Å². The van der Waals surface area contributed by atoms with E-state index in [4.69, 9.17) is 4.74 Å². The first-order valence-electron chi connectivity index (χ1n) is 8.19. The molecule has 0 bridgehead atoms. The normalized spacial score (nSPS) is 17.7. The predicted octanol–water partition coefficient (Wildman–Crippen LogP) is 3.53. The van der Waals surface area contributed by atoms with Crippen molar-refractivity contribution in [2.24, 2.45) is 5.92 Å². The van der Waals surface area contributed by atoms with E-state index >= 15 is 0 Å². The van der Waals surface area contributed by atoms with Gasteiger partial charge in [0.1, 0.15) is 0 Å². The Morgan fingerprint density at radius 2 is 2.17 bits per heavy atom. The molecule has 0 aliphatic carbocycles. The summed E-state index contributed by atoms with van der Waals surface area (Å²) in [7, 11) is 0. The van der Waals surface area contributed by atoms with Crippen LogP contribution in [0.4, 0.5) is 11.4 Å². The zero-order valence-electron chi connectivity index (χ0n) is 13.6. The van der Waals surface area contributed by atoms with Crippen LogP contribution in [0.15, 0.2) is 36.4 Å². The maximum absolute atomic E-state index is 12.0. The summed E-state index contributed by atoms with van der Waals surface area (Å²) in [5.74, 6) is -0.360. The average Bonchev–Trinajstić information content (AvgIpc) is 2.61. The number of nitrogens with zero attached hydrogens (tertiary/aromatic N) is 2. The molecule has 1 aliphatic heterocycles. The summed E-state index contributed by atoms with van der Waals surface area (Å²) < 4.78 is 5.12. The van der Waals surface area contributed by atoms with Gasteiger partial charge in [0.05, 0.1) is 22.8 Å². The summed E-state index contributed by atoms with van der Waals surface area (Å²) in [4.78, 5) is 25.1. The number of esters is 1. The van der Waals surface area contributed by atoms with E-state index in [-0.39, 0.29) is 22.5 Å². The Morgan fingerprint density at radius 3 is 2.92 bits per heavy atom. The summed E-state index contributed by atoms with van der Waals surface area (Å²) >= 11 is 0. The van der Waals surface area contributed by atoms with Crippen molar-refractivity contribution in [3.8, 4) is 0 Å². The Bertz CT molecular complexity index is 775. The maximum atomic E-state index is 12.0. The number of fused-ring (bicyclic) bond motifs is 1. The second-order valence-corrected chi connectivity index (χ2v) is 5.98. The van der Waals surface area contributed by atoms with Crippen LogP contribution in [-0.4, -0.2) is 30.6 Å². The highest BCUT2D eigenvalue weighted by atomic mass is 16.6. The van der Waals surface area contributed by atoms with Crippen molar-refractivity contribution in [1.29, 1.82) is 0 Å². The van der Waals surface area contributed by atoms with Crippen LogP contribution in [0, 0.1) is 16.0 Å². The number of anilines is 1. The third-order valence-corrected chi connectivity index (χ3v) is 4.43. The molecule has 24 heavy (non-hydrogen) atoms. The number of non-ortho nitro benzene ring substituents is 1. The molecule has 1 fully saturated rings. The van der Waals surface area contributed by atoms with E-state index in [9.17, 15) is 14.9 Å². The van der Waals surface area contributed by atoms with Gasteiger partial charge in [0.15, 0.2) is 0 Å². The number of nitro groups is 1. The molecular weight excluding hydrogens is 308 g/mol. The van der Waals surface area contributed by atoms with Crippen LogP contribution in [0.3, 0.4) is 0 Å². The van der Waals surface area contributed by atoms with Crippen LogP contribution in [0.2, 0.25) is 0 Å². The average molecular weight is 328 g/mol. The van der Waals surface area contributed by atoms with E-state index in [0.717, 1.165) is 30.5 Å². The molecule has 1 atom stereocenters. The van der Waals surface area contributed by atoms with Crippen molar-refractivity contribution in [3.05, 3.63) is 46.5 Å². The summed E-state index contributed by atoms with van der Waals surface area (Å²) in [6.45, 7) is 3.49. The van der Waals surface area contributed by atoms with Crippen molar-refractivity contribution in [2.75, 3.05) is 24.6 Å². The molecular formula is C18H20N2O4. The van der Waals surface area contributed by atoms with Gasteiger partial charge in [-0.3, -0.25) is 14.9 Å². The largest absolute Gasteiger partial charge is 0.466 e. The van der Waals surface area contributed by atoms with Crippen LogP contribution in [0.1, 0.15) is 19.8 Å². The molecule has 0 amide bonds. The predicted molar refractivity (Wildman–Crippen MR) is 92.2 cm³/mol. The lowest BCUT2D eigenvalue weighted by atomic mass is 9.97. The van der Waals surface area contributed by atoms with Crippen molar-refractivity contribution in [3.63, 3.8) is 0 Å². The smallest absolute Gasteiger partial charge is 0.310 e. The molecule has 0 N–H and O–H groups in total. The first-order valence-corrected chi connectivity index (χ1v) is 8.19. The van der Waals surface area contributed by atoms with Crippen molar-refractivity contribution < 1.29 is 14.5 Å². The van der Waals surface area contributed by atoms with Crippen molar-refractivity contribution >= 4 is 28.1 Å². The summed E-state index contributed by atoms with van der Waals surface area (Å²) in [5, 5.41) is 12.9. The van der Waals surface area contributed by atoms with E-state index in [2.05, 4.69) is 0 Å². The number of carbonyl (C=O) groups is 1. The quantitative estimate of drug-likeness (QED) is 0.488. The zero-order chi connectivity index (χ0) is 17.1. The first-order chi connectivity index (χ1) is 11.6. The third-order valence-electron chi connectivity index (χ3n) is 4.43. The molecule has 0 spiro atoms. The fourth-order valence-electron chi connectivity index (χ4n) is 3.27. The third kappa shape index (κ3) is 3.18. The summed E-state index contributed by atoms with van der Waals surface area (Å²) in [6, 6.07) is 10.9. The number of benzene rings is 2. The van der Waals surface area contributed by atoms with Gasteiger partial charge in [-0.2, -0.15) is 0 Å². The van der Waals surface area contributed by atoms with Gasteiger partial charge in [0.2, 0.25) is 0 Å². The molecule has 0 saturated carbocycles. The summed E-state index contributed by atoms with van der Waals surface area (Å²) in [5.41, 5.74) is 0.885. The highest BCUT2D eigenvalue weighted by Gasteiger charge is 2.28. The fraction of sp³-hybridized carbons (Fsp3) is 0.389. The molecule has 3 rings (SSSR count). The number of hydrogen-bond donors (Lipinski definition) is 0. The molecule has 1 heterocycles. The molecule has 0 aromatic heterocycles. The number of hydrogen-bond acceptors (Lipinski definition) is 5. The molecule has 6 heteroatoms. The fourth-order valence-corrected chi connectivity index (χ4v) is 3.27. The molecule has 0 radical (unpaired) electrons. The first kappa shape index (κ1) is 16.2. The van der Waals surface area contributed by atoms with Crippen molar-refractivity contribution in [1.82, 2.24) is 0 Å². The Balaban J connectivity index is 1.94. The lowest BCUT2D eigenvalue weighted by Gasteiger charge is -2.33. The van der Waals surface area contributed by atoms with Gasteiger partial charge in [0.25, 0.3) is 5.69 Å². The Morgan fingerprint density at radius 1 is 1.38 bits per heavy atom. The minimum Gasteiger partial charge on any atom is -0.466 e. The van der Waals surface area contributed by atoms with E-state index < -0.39 is 0 Å². The van der Waals surface area contributed by atoms with E-state index in [1.807, 2.05) is 23.1 Å². The standard InChI is InChI=1S/C18H20N2O4/c1-2-24-18(21)14-7-5-9-19(12-14)15-10-13-6-3-4-8-16(13)17(11-15)20(22)23/h3-4,6,8,10-11,14H,2,5,7,9,12H2,1H3/t14-/m1/s1. The Hall–Kier alpha value is -2.63. The molecule has 1 aliphatic rings. The van der Waals surface area contributed by atoms with Crippen LogP contribution in [0.5, 0.6) is 0 Å². The Kier molecular flexibility index (Phi) is 4.64. The molecule has 2 aromatic rings. The molecule has 2 aromatic carbocycles. The second kappa shape index (κ2) is 6.86. The van der Waals surface area contributed by atoms with Gasteiger partial charge in [0, 0.05) is 24.8 Å². The molecule has 126 valence electrons. The van der Waals surface area contributed by atoms with Gasteiger partial charge < -0.3 is 9.64 Å². The molecule has 6 nitrogen and oxygen atoms in total. The van der Waals surface area contributed by atoms with Crippen LogP contribution >= 0.6 is 0 Å². The van der Waals surface area contributed by atoms with Gasteiger partial charge in [-0.25, -0.2) is 0 Å².